The molecule has 2 aliphatic carbocycles. The van der Waals surface area contributed by atoms with Crippen molar-refractivity contribution < 1.29 is 39.5 Å². The van der Waals surface area contributed by atoms with E-state index in [2.05, 4.69) is 0 Å². The predicted molar refractivity (Wildman–Crippen MR) is 106 cm³/mol. The van der Waals surface area contributed by atoms with E-state index in [9.17, 15) is 34.8 Å². The average molecular weight is 420 g/mol. The standard InChI is InChI=1S/C22H28O8/c1-9(8-23)12-15(25)13-14(18(28)16(12)26)22(5)7-6-11(30-10(2)24)21(3,4)20(22)19(29)17(13)27/h9,11,20,23,25-26,28H,6-8H2,1-5H3/t9?,11-,20+,22-/m1/s1. The summed E-state index contributed by atoms with van der Waals surface area (Å²) in [5, 5.41) is 41.8. The van der Waals surface area contributed by atoms with Crippen molar-refractivity contribution in [1.29, 1.82) is 0 Å². The minimum Gasteiger partial charge on any atom is -0.507 e. The Bertz CT molecular complexity index is 947. The third-order valence-electron chi connectivity index (χ3n) is 6.95. The fraction of sp³-hybridized carbons (Fsp3) is 0.591. The molecule has 0 saturated heterocycles. The number of aromatic hydroxyl groups is 3. The molecule has 3 rings (SSSR count). The molecule has 0 heterocycles. The molecule has 0 aliphatic heterocycles. The molecule has 0 spiro atoms. The number of rotatable bonds is 3. The van der Waals surface area contributed by atoms with Crippen LogP contribution in [0.4, 0.5) is 0 Å². The van der Waals surface area contributed by atoms with E-state index < -0.39 is 70.2 Å². The highest BCUT2D eigenvalue weighted by Gasteiger charge is 2.62. The Morgan fingerprint density at radius 1 is 1.13 bits per heavy atom. The SMILES string of the molecule is CC(=O)O[C@@H]1CC[C@]2(C)c3c(O)c(O)c(C(C)CO)c(O)c3C(=O)C(=O)[C@H]2C1(C)C. The lowest BCUT2D eigenvalue weighted by Crippen LogP contribution is -2.60. The van der Waals surface area contributed by atoms with E-state index in [4.69, 9.17) is 4.74 Å². The lowest BCUT2D eigenvalue weighted by atomic mass is 9.48. The maximum Gasteiger partial charge on any atom is 0.302 e. The van der Waals surface area contributed by atoms with Crippen LogP contribution in [0.2, 0.25) is 0 Å². The van der Waals surface area contributed by atoms with Gasteiger partial charge in [-0.25, -0.2) is 0 Å². The average Bonchev–Trinajstić information content (AvgIpc) is 2.64. The Kier molecular flexibility index (Phi) is 5.13. The second kappa shape index (κ2) is 6.97. The number of carbonyl (C=O) groups is 3. The van der Waals surface area contributed by atoms with E-state index in [-0.39, 0.29) is 23.1 Å². The van der Waals surface area contributed by atoms with Gasteiger partial charge in [-0.3, -0.25) is 14.4 Å². The molecule has 1 aromatic rings. The van der Waals surface area contributed by atoms with Gasteiger partial charge in [0.2, 0.25) is 11.6 Å². The largest absolute Gasteiger partial charge is 0.507 e. The van der Waals surface area contributed by atoms with Crippen molar-refractivity contribution in [2.45, 2.75) is 64.9 Å². The van der Waals surface area contributed by atoms with Gasteiger partial charge < -0.3 is 25.2 Å². The van der Waals surface area contributed by atoms with E-state index in [1.165, 1.54) is 13.8 Å². The molecule has 0 aromatic heterocycles. The first-order valence-corrected chi connectivity index (χ1v) is 9.98. The van der Waals surface area contributed by atoms with Crippen LogP contribution in [0, 0.1) is 11.3 Å². The van der Waals surface area contributed by atoms with Crippen LogP contribution in [0.25, 0.3) is 0 Å². The zero-order chi connectivity index (χ0) is 22.8. The van der Waals surface area contributed by atoms with E-state index >= 15 is 0 Å². The van der Waals surface area contributed by atoms with Crippen LogP contribution in [0.1, 0.15) is 74.9 Å². The lowest BCUT2D eigenvalue weighted by molar-refractivity contribution is -0.166. The summed E-state index contributed by atoms with van der Waals surface area (Å²) in [6.07, 6.45) is 0.0484. The molecule has 0 amide bonds. The second-order valence-electron chi connectivity index (χ2n) is 9.30. The maximum atomic E-state index is 13.3. The third kappa shape index (κ3) is 2.80. The Morgan fingerprint density at radius 3 is 2.27 bits per heavy atom. The Morgan fingerprint density at radius 2 is 1.73 bits per heavy atom. The summed E-state index contributed by atoms with van der Waals surface area (Å²) in [5.41, 5.74) is -2.50. The van der Waals surface area contributed by atoms with E-state index in [0.717, 1.165) is 0 Å². The van der Waals surface area contributed by atoms with Gasteiger partial charge in [-0.2, -0.15) is 0 Å². The van der Waals surface area contributed by atoms with Crippen molar-refractivity contribution in [3.05, 3.63) is 16.7 Å². The number of hydrogen-bond donors (Lipinski definition) is 4. The zero-order valence-electron chi connectivity index (χ0n) is 17.8. The van der Waals surface area contributed by atoms with Crippen molar-refractivity contribution in [3.8, 4) is 17.2 Å². The highest BCUT2D eigenvalue weighted by Crippen LogP contribution is 2.61. The lowest BCUT2D eigenvalue weighted by Gasteiger charge is -2.55. The highest BCUT2D eigenvalue weighted by atomic mass is 16.5. The number of ether oxygens (including phenoxy) is 1. The molecule has 1 fully saturated rings. The van der Waals surface area contributed by atoms with E-state index in [1.54, 1.807) is 20.8 Å². The molecular formula is C22H28O8. The fourth-order valence-corrected chi connectivity index (χ4v) is 5.58. The Balaban J connectivity index is 2.31. The number of Topliss-reactive ketones (excluding diaryl/α,β-unsaturated/α-hetero) is 2. The first-order chi connectivity index (χ1) is 13.8. The van der Waals surface area contributed by atoms with Crippen molar-refractivity contribution in [1.82, 2.24) is 0 Å². The monoisotopic (exact) mass is 420 g/mol. The quantitative estimate of drug-likeness (QED) is 0.253. The van der Waals surface area contributed by atoms with Crippen LogP contribution in [-0.2, 0) is 19.7 Å². The topological polar surface area (TPSA) is 141 Å². The van der Waals surface area contributed by atoms with Crippen LogP contribution in [0.15, 0.2) is 0 Å². The summed E-state index contributed by atoms with van der Waals surface area (Å²) in [5.74, 6) is -5.70. The molecule has 4 atom stereocenters. The molecule has 1 saturated carbocycles. The molecule has 2 aliphatic rings. The first-order valence-electron chi connectivity index (χ1n) is 9.98. The summed E-state index contributed by atoms with van der Waals surface area (Å²) in [6.45, 7) is 7.51. The molecule has 4 N–H and O–H groups in total. The van der Waals surface area contributed by atoms with Gasteiger partial charge in [-0.15, -0.1) is 0 Å². The predicted octanol–water partition coefficient (Wildman–Crippen LogP) is 2.29. The van der Waals surface area contributed by atoms with Crippen LogP contribution in [-0.4, -0.2) is 50.7 Å². The van der Waals surface area contributed by atoms with Gasteiger partial charge >= 0.3 is 5.97 Å². The first kappa shape index (κ1) is 22.1. The fourth-order valence-electron chi connectivity index (χ4n) is 5.58. The number of hydrogen-bond acceptors (Lipinski definition) is 8. The molecule has 1 aromatic carbocycles. The van der Waals surface area contributed by atoms with Gasteiger partial charge in [0.05, 0.1) is 5.56 Å². The number of aliphatic hydroxyl groups excluding tert-OH is 1. The molecule has 30 heavy (non-hydrogen) atoms. The summed E-state index contributed by atoms with van der Waals surface area (Å²) >= 11 is 0. The number of esters is 1. The summed E-state index contributed by atoms with van der Waals surface area (Å²) < 4.78 is 5.42. The smallest absolute Gasteiger partial charge is 0.302 e. The minimum absolute atomic E-state index is 0.0235. The van der Waals surface area contributed by atoms with Gasteiger partial charge in [0.1, 0.15) is 11.9 Å². The number of carbonyl (C=O) groups excluding carboxylic acids is 3. The van der Waals surface area contributed by atoms with Crippen molar-refractivity contribution in [2.75, 3.05) is 6.61 Å². The summed E-state index contributed by atoms with van der Waals surface area (Å²) in [7, 11) is 0. The second-order valence-corrected chi connectivity index (χ2v) is 9.30. The van der Waals surface area contributed by atoms with Crippen LogP contribution in [0.5, 0.6) is 17.2 Å². The number of phenolic OH excluding ortho intramolecular Hbond substituents is 3. The number of benzene rings is 1. The molecule has 164 valence electrons. The molecule has 8 nitrogen and oxygen atoms in total. The summed E-state index contributed by atoms with van der Waals surface area (Å²) in [6, 6.07) is 0. The van der Waals surface area contributed by atoms with Crippen LogP contribution >= 0.6 is 0 Å². The number of ketones is 2. The molecule has 0 bridgehead atoms. The van der Waals surface area contributed by atoms with Gasteiger partial charge in [-0.1, -0.05) is 27.7 Å². The zero-order valence-corrected chi connectivity index (χ0v) is 17.8. The van der Waals surface area contributed by atoms with Gasteiger partial charge in [0.15, 0.2) is 11.5 Å². The van der Waals surface area contributed by atoms with Crippen molar-refractivity contribution >= 4 is 17.5 Å². The Hall–Kier alpha value is -2.61. The van der Waals surface area contributed by atoms with Gasteiger partial charge in [0, 0.05) is 47.3 Å². The van der Waals surface area contributed by atoms with Crippen molar-refractivity contribution in [2.24, 2.45) is 11.3 Å². The van der Waals surface area contributed by atoms with E-state index in [1.807, 2.05) is 0 Å². The molecule has 8 heteroatoms. The van der Waals surface area contributed by atoms with E-state index in [0.29, 0.717) is 6.42 Å². The highest BCUT2D eigenvalue weighted by molar-refractivity contribution is 6.47. The van der Waals surface area contributed by atoms with Crippen LogP contribution < -0.4 is 0 Å². The molecule has 1 unspecified atom stereocenters. The van der Waals surface area contributed by atoms with Gasteiger partial charge in [0.25, 0.3) is 0 Å². The maximum absolute atomic E-state index is 13.3. The molecular weight excluding hydrogens is 392 g/mol. The number of aliphatic hydroxyl groups is 1. The van der Waals surface area contributed by atoms with Gasteiger partial charge in [-0.05, 0) is 12.8 Å². The Labute approximate surface area is 174 Å². The normalized spacial score (nSPS) is 28.5. The minimum atomic E-state index is -1.08. The van der Waals surface area contributed by atoms with Crippen LogP contribution in [0.3, 0.4) is 0 Å². The molecule has 0 radical (unpaired) electrons. The number of phenols is 3. The third-order valence-corrected chi connectivity index (χ3v) is 6.95. The number of fused-ring (bicyclic) bond motifs is 3. The summed E-state index contributed by atoms with van der Waals surface area (Å²) in [4.78, 5) is 37.9. The van der Waals surface area contributed by atoms with Crippen molar-refractivity contribution in [3.63, 3.8) is 0 Å².